The van der Waals surface area contributed by atoms with Crippen LogP contribution in [0.4, 0.5) is 10.5 Å². The van der Waals surface area contributed by atoms with Gasteiger partial charge in [0.2, 0.25) is 0 Å². The fourth-order valence-corrected chi connectivity index (χ4v) is 5.32. The van der Waals surface area contributed by atoms with E-state index in [1.807, 2.05) is 24.3 Å². The number of halogens is 1. The third-order valence-corrected chi connectivity index (χ3v) is 7.14. The zero-order chi connectivity index (χ0) is 24.5. The lowest BCUT2D eigenvalue weighted by Crippen LogP contribution is -2.26. The Labute approximate surface area is 216 Å². The van der Waals surface area contributed by atoms with E-state index >= 15 is 0 Å². The first-order valence-electron chi connectivity index (χ1n) is 11.3. The molecule has 35 heavy (non-hydrogen) atoms. The summed E-state index contributed by atoms with van der Waals surface area (Å²) in [6.07, 6.45) is -0.0150. The van der Waals surface area contributed by atoms with Gasteiger partial charge in [0.1, 0.15) is 6.61 Å². The molecule has 1 saturated carbocycles. The van der Waals surface area contributed by atoms with Crippen molar-refractivity contribution in [1.29, 1.82) is 0 Å². The molecule has 8 heteroatoms. The predicted molar refractivity (Wildman–Crippen MR) is 139 cm³/mol. The van der Waals surface area contributed by atoms with Crippen LogP contribution in [0.5, 0.6) is 0 Å². The zero-order valence-electron chi connectivity index (χ0n) is 18.7. The summed E-state index contributed by atoms with van der Waals surface area (Å²) in [5, 5.41) is 14.5. The van der Waals surface area contributed by atoms with Crippen molar-refractivity contribution in [1.82, 2.24) is 5.32 Å². The van der Waals surface area contributed by atoms with Crippen molar-refractivity contribution in [3.63, 3.8) is 0 Å². The zero-order valence-corrected chi connectivity index (χ0v) is 20.8. The van der Waals surface area contributed by atoms with Gasteiger partial charge in [-0.15, -0.1) is 0 Å². The van der Waals surface area contributed by atoms with Crippen LogP contribution in [-0.2, 0) is 9.53 Å². The van der Waals surface area contributed by atoms with E-state index in [-0.39, 0.29) is 30.3 Å². The molecule has 0 spiro atoms. The van der Waals surface area contributed by atoms with Crippen LogP contribution in [0.25, 0.3) is 11.1 Å². The van der Waals surface area contributed by atoms with Crippen LogP contribution in [0, 0.1) is 15.4 Å². The second-order valence-corrected chi connectivity index (χ2v) is 10.1. The first kappa shape index (κ1) is 23.3. The summed E-state index contributed by atoms with van der Waals surface area (Å²) in [5.74, 6) is -1.58. The molecule has 0 bridgehead atoms. The Morgan fingerprint density at radius 2 is 1.63 bits per heavy atom. The molecular weight excluding hydrogens is 559 g/mol. The van der Waals surface area contributed by atoms with Crippen LogP contribution in [0.2, 0.25) is 0 Å². The topological polar surface area (TPSA) is 105 Å². The highest BCUT2D eigenvalue weighted by molar-refractivity contribution is 14.1. The van der Waals surface area contributed by atoms with Crippen LogP contribution < -0.4 is 10.6 Å². The fraction of sp³-hybridized carbons (Fsp3) is 0.222. The van der Waals surface area contributed by atoms with Crippen molar-refractivity contribution >= 4 is 46.2 Å². The van der Waals surface area contributed by atoms with Gasteiger partial charge in [0.05, 0.1) is 5.92 Å². The van der Waals surface area contributed by atoms with Crippen LogP contribution in [0.1, 0.15) is 33.8 Å². The molecule has 0 saturated heterocycles. The summed E-state index contributed by atoms with van der Waals surface area (Å²) in [6.45, 7) is 0.514. The number of carboxylic acids is 1. The molecule has 2 atom stereocenters. The average molecular weight is 582 g/mol. The average Bonchev–Trinajstić information content (AvgIpc) is 3.56. The molecule has 2 aliphatic rings. The number of nitrogens with one attached hydrogen (secondary N) is 2. The highest BCUT2D eigenvalue weighted by Gasteiger charge is 2.43. The molecule has 3 aromatic rings. The van der Waals surface area contributed by atoms with E-state index in [4.69, 9.17) is 9.84 Å². The van der Waals surface area contributed by atoms with Crippen molar-refractivity contribution in [2.24, 2.45) is 11.8 Å². The SMILES string of the molecule is O=C(Nc1cc(I)cc(C(=O)NCC2CC2C(=O)O)c1)OCC1c2ccccc2-c2ccccc21. The number of fused-ring (bicyclic) bond motifs is 3. The molecular formula is C27H23IN2O5. The molecule has 5 rings (SSSR count). The molecule has 0 aromatic heterocycles. The summed E-state index contributed by atoms with van der Waals surface area (Å²) in [6, 6.07) is 21.3. The lowest BCUT2D eigenvalue weighted by molar-refractivity contribution is -0.138. The molecule has 0 aliphatic heterocycles. The Hall–Kier alpha value is -3.40. The number of carbonyl (C=O) groups is 3. The van der Waals surface area contributed by atoms with Gasteiger partial charge < -0.3 is 15.2 Å². The van der Waals surface area contributed by atoms with E-state index in [2.05, 4.69) is 57.5 Å². The van der Waals surface area contributed by atoms with E-state index in [9.17, 15) is 14.4 Å². The third-order valence-electron chi connectivity index (χ3n) is 6.51. The number of aliphatic carboxylic acids is 1. The lowest BCUT2D eigenvalue weighted by Gasteiger charge is -2.15. The van der Waals surface area contributed by atoms with E-state index in [1.54, 1.807) is 18.2 Å². The van der Waals surface area contributed by atoms with Gasteiger partial charge in [0.25, 0.3) is 5.91 Å². The maximum Gasteiger partial charge on any atom is 0.411 e. The molecule has 2 unspecified atom stereocenters. The minimum atomic E-state index is -0.826. The molecule has 0 radical (unpaired) electrons. The highest BCUT2D eigenvalue weighted by atomic mass is 127. The monoisotopic (exact) mass is 582 g/mol. The van der Waals surface area contributed by atoms with E-state index < -0.39 is 12.1 Å². The normalized spacial score (nSPS) is 17.7. The molecule has 7 nitrogen and oxygen atoms in total. The minimum Gasteiger partial charge on any atom is -0.481 e. The minimum absolute atomic E-state index is 0.0299. The molecule has 2 amide bonds. The number of carbonyl (C=O) groups excluding carboxylic acids is 2. The molecule has 0 heterocycles. The van der Waals surface area contributed by atoms with Crippen molar-refractivity contribution in [3.05, 3.63) is 87.0 Å². The third kappa shape index (κ3) is 5.02. The van der Waals surface area contributed by atoms with E-state index in [0.717, 1.165) is 25.8 Å². The van der Waals surface area contributed by atoms with Crippen LogP contribution in [-0.4, -0.2) is 36.2 Å². The van der Waals surface area contributed by atoms with Gasteiger partial charge in [0.15, 0.2) is 0 Å². The summed E-state index contributed by atoms with van der Waals surface area (Å²) in [4.78, 5) is 36.2. The number of rotatable bonds is 7. The molecule has 3 aromatic carbocycles. The number of amides is 2. The lowest BCUT2D eigenvalue weighted by atomic mass is 9.98. The Balaban J connectivity index is 1.21. The smallest absolute Gasteiger partial charge is 0.411 e. The number of benzene rings is 3. The summed E-state index contributed by atoms with van der Waals surface area (Å²) < 4.78 is 6.37. The highest BCUT2D eigenvalue weighted by Crippen LogP contribution is 2.44. The van der Waals surface area contributed by atoms with Crippen LogP contribution in [0.3, 0.4) is 0 Å². The van der Waals surface area contributed by atoms with Crippen molar-refractivity contribution in [3.8, 4) is 11.1 Å². The van der Waals surface area contributed by atoms with Crippen LogP contribution >= 0.6 is 22.6 Å². The van der Waals surface area contributed by atoms with Crippen molar-refractivity contribution in [2.75, 3.05) is 18.5 Å². The second-order valence-electron chi connectivity index (χ2n) is 8.83. The quantitative estimate of drug-likeness (QED) is 0.337. The maximum atomic E-state index is 12.6. The van der Waals surface area contributed by atoms with Crippen molar-refractivity contribution in [2.45, 2.75) is 12.3 Å². The van der Waals surface area contributed by atoms with Gasteiger partial charge in [-0.2, -0.15) is 0 Å². The van der Waals surface area contributed by atoms with Crippen molar-refractivity contribution < 1.29 is 24.2 Å². The summed E-state index contributed by atoms with van der Waals surface area (Å²) >= 11 is 2.08. The second kappa shape index (κ2) is 9.69. The maximum absolute atomic E-state index is 12.6. The molecule has 2 aliphatic carbocycles. The van der Waals surface area contributed by atoms with Gasteiger partial charge >= 0.3 is 12.1 Å². The first-order chi connectivity index (χ1) is 16.9. The number of carboxylic acid groups (broad SMARTS) is 1. The van der Waals surface area contributed by atoms with Gasteiger partial charge in [-0.3, -0.25) is 14.9 Å². The Kier molecular flexibility index (Phi) is 6.46. The molecule has 178 valence electrons. The van der Waals surface area contributed by atoms with E-state index in [0.29, 0.717) is 24.2 Å². The number of ether oxygens (including phenoxy) is 1. The van der Waals surface area contributed by atoms with Gasteiger partial charge in [-0.1, -0.05) is 48.5 Å². The standard InChI is InChI=1S/C27H23IN2O5/c28-17-9-15(25(31)29-13-16-11-23(16)26(32)33)10-18(12-17)30-27(34)35-14-24-21-7-3-1-5-19(21)20-6-2-4-8-22(20)24/h1-10,12,16,23-24H,11,13-14H2,(H,29,31)(H,30,34)(H,32,33). The summed E-state index contributed by atoms with van der Waals surface area (Å²) in [7, 11) is 0. The largest absolute Gasteiger partial charge is 0.481 e. The first-order valence-corrected chi connectivity index (χ1v) is 12.4. The van der Waals surface area contributed by atoms with Crippen LogP contribution in [0.15, 0.2) is 66.7 Å². The van der Waals surface area contributed by atoms with Gasteiger partial charge in [-0.05, 0) is 75.4 Å². The Bertz CT molecular complexity index is 1280. The molecule has 1 fully saturated rings. The van der Waals surface area contributed by atoms with Gasteiger partial charge in [0, 0.05) is 27.3 Å². The number of hydrogen-bond donors (Lipinski definition) is 3. The Morgan fingerprint density at radius 3 is 2.26 bits per heavy atom. The Morgan fingerprint density at radius 1 is 0.971 bits per heavy atom. The summed E-state index contributed by atoms with van der Waals surface area (Å²) in [5.41, 5.74) is 5.43. The fourth-order valence-electron chi connectivity index (χ4n) is 4.65. The van der Waals surface area contributed by atoms with E-state index in [1.165, 1.54) is 0 Å². The number of anilines is 1. The number of hydrogen-bond acceptors (Lipinski definition) is 4. The molecule has 3 N–H and O–H groups in total. The predicted octanol–water partition coefficient (Wildman–Crippen LogP) is 5.10. The van der Waals surface area contributed by atoms with Gasteiger partial charge in [-0.25, -0.2) is 4.79 Å².